The first-order chi connectivity index (χ1) is 7.20. The highest BCUT2D eigenvalue weighted by Crippen LogP contribution is 2.16. The van der Waals surface area contributed by atoms with Gasteiger partial charge < -0.3 is 10.6 Å². The molecule has 0 atom stereocenters. The maximum absolute atomic E-state index is 6.38. The summed E-state index contributed by atoms with van der Waals surface area (Å²) in [6.07, 6.45) is 9.18. The molecule has 0 spiro atoms. The van der Waals surface area contributed by atoms with Gasteiger partial charge in [0.05, 0.1) is 0 Å². The van der Waals surface area contributed by atoms with Crippen LogP contribution in [0.3, 0.4) is 0 Å². The summed E-state index contributed by atoms with van der Waals surface area (Å²) in [7, 11) is 0. The van der Waals surface area contributed by atoms with E-state index in [9.17, 15) is 0 Å². The SMILES string of the molecule is CCC(N)(CC)CN1CCCCCCC1. The molecule has 0 aromatic rings. The zero-order valence-corrected chi connectivity index (χ0v) is 10.6. The molecule has 0 saturated carbocycles. The molecule has 1 heterocycles. The standard InChI is InChI=1S/C13H28N2/c1-3-13(14,4-2)12-15-10-8-6-5-7-9-11-15/h3-12,14H2,1-2H3. The molecule has 1 rings (SSSR count). The van der Waals surface area contributed by atoms with E-state index in [1.807, 2.05) is 0 Å². The van der Waals surface area contributed by atoms with Gasteiger partial charge in [0.2, 0.25) is 0 Å². The fourth-order valence-corrected chi connectivity index (χ4v) is 2.39. The first kappa shape index (κ1) is 13.0. The quantitative estimate of drug-likeness (QED) is 0.776. The molecule has 2 N–H and O–H groups in total. The molecule has 2 nitrogen and oxygen atoms in total. The van der Waals surface area contributed by atoms with Crippen LogP contribution in [0.25, 0.3) is 0 Å². The maximum atomic E-state index is 6.38. The summed E-state index contributed by atoms with van der Waals surface area (Å²) in [5.74, 6) is 0. The molecule has 0 aromatic carbocycles. The van der Waals surface area contributed by atoms with E-state index in [-0.39, 0.29) is 5.54 Å². The van der Waals surface area contributed by atoms with Crippen molar-refractivity contribution in [2.75, 3.05) is 19.6 Å². The minimum atomic E-state index is 0.0548. The Bertz CT molecular complexity index is 156. The molecular formula is C13H28N2. The molecule has 0 radical (unpaired) electrons. The van der Waals surface area contributed by atoms with Gasteiger partial charge in [0.15, 0.2) is 0 Å². The molecule has 0 amide bonds. The lowest BCUT2D eigenvalue weighted by atomic mass is 9.93. The highest BCUT2D eigenvalue weighted by atomic mass is 15.1. The van der Waals surface area contributed by atoms with E-state index < -0.39 is 0 Å². The Kier molecular flexibility index (Phi) is 5.62. The van der Waals surface area contributed by atoms with Crippen LogP contribution in [-0.4, -0.2) is 30.1 Å². The molecule has 90 valence electrons. The van der Waals surface area contributed by atoms with Gasteiger partial charge in [0, 0.05) is 12.1 Å². The number of nitrogens with two attached hydrogens (primary N) is 1. The largest absolute Gasteiger partial charge is 0.324 e. The van der Waals surface area contributed by atoms with Crippen LogP contribution >= 0.6 is 0 Å². The number of hydrogen-bond donors (Lipinski definition) is 1. The third-order valence-electron chi connectivity index (χ3n) is 3.90. The van der Waals surface area contributed by atoms with Crippen molar-refractivity contribution in [1.82, 2.24) is 4.90 Å². The second-order valence-corrected chi connectivity index (χ2v) is 5.11. The average Bonchev–Trinajstić information content (AvgIpc) is 2.22. The Morgan fingerprint density at radius 3 is 1.87 bits per heavy atom. The summed E-state index contributed by atoms with van der Waals surface area (Å²) in [6, 6.07) is 0. The molecule has 1 aliphatic rings. The second kappa shape index (κ2) is 6.49. The van der Waals surface area contributed by atoms with Crippen molar-refractivity contribution in [2.45, 2.75) is 64.3 Å². The van der Waals surface area contributed by atoms with Gasteiger partial charge >= 0.3 is 0 Å². The monoisotopic (exact) mass is 212 g/mol. The van der Waals surface area contributed by atoms with Crippen LogP contribution in [0.4, 0.5) is 0 Å². The molecule has 0 bridgehead atoms. The van der Waals surface area contributed by atoms with Gasteiger partial charge in [-0.05, 0) is 38.8 Å². The van der Waals surface area contributed by atoms with Crippen LogP contribution in [-0.2, 0) is 0 Å². The molecule has 1 fully saturated rings. The maximum Gasteiger partial charge on any atom is 0.0278 e. The molecular weight excluding hydrogens is 184 g/mol. The van der Waals surface area contributed by atoms with E-state index in [2.05, 4.69) is 18.7 Å². The number of likely N-dealkylation sites (tertiary alicyclic amines) is 1. The predicted molar refractivity (Wildman–Crippen MR) is 67.0 cm³/mol. The second-order valence-electron chi connectivity index (χ2n) is 5.11. The first-order valence-corrected chi connectivity index (χ1v) is 6.71. The topological polar surface area (TPSA) is 29.3 Å². The van der Waals surface area contributed by atoms with E-state index in [0.717, 1.165) is 19.4 Å². The Morgan fingerprint density at radius 1 is 0.933 bits per heavy atom. The average molecular weight is 212 g/mol. The van der Waals surface area contributed by atoms with E-state index in [1.165, 1.54) is 45.2 Å². The molecule has 1 saturated heterocycles. The third kappa shape index (κ3) is 4.52. The fourth-order valence-electron chi connectivity index (χ4n) is 2.39. The fraction of sp³-hybridized carbons (Fsp3) is 1.00. The van der Waals surface area contributed by atoms with Crippen molar-refractivity contribution in [2.24, 2.45) is 5.73 Å². The normalized spacial score (nSPS) is 21.0. The molecule has 0 aromatic heterocycles. The molecule has 1 aliphatic heterocycles. The minimum Gasteiger partial charge on any atom is -0.324 e. The van der Waals surface area contributed by atoms with Crippen molar-refractivity contribution >= 4 is 0 Å². The van der Waals surface area contributed by atoms with Crippen molar-refractivity contribution in [3.8, 4) is 0 Å². The number of nitrogens with zero attached hydrogens (tertiary/aromatic N) is 1. The predicted octanol–water partition coefficient (Wildman–Crippen LogP) is 2.77. The zero-order valence-electron chi connectivity index (χ0n) is 10.6. The van der Waals surface area contributed by atoms with Crippen molar-refractivity contribution < 1.29 is 0 Å². The van der Waals surface area contributed by atoms with Crippen molar-refractivity contribution in [3.63, 3.8) is 0 Å². The molecule has 0 unspecified atom stereocenters. The Morgan fingerprint density at radius 2 is 1.40 bits per heavy atom. The number of hydrogen-bond acceptors (Lipinski definition) is 2. The highest BCUT2D eigenvalue weighted by Gasteiger charge is 2.23. The Balaban J connectivity index is 2.39. The van der Waals surface area contributed by atoms with Crippen LogP contribution in [0.15, 0.2) is 0 Å². The summed E-state index contributed by atoms with van der Waals surface area (Å²) in [5, 5.41) is 0. The van der Waals surface area contributed by atoms with Gasteiger partial charge in [-0.15, -0.1) is 0 Å². The van der Waals surface area contributed by atoms with Gasteiger partial charge in [-0.1, -0.05) is 33.1 Å². The van der Waals surface area contributed by atoms with E-state index in [0.29, 0.717) is 0 Å². The number of rotatable bonds is 4. The Hall–Kier alpha value is -0.0800. The lowest BCUT2D eigenvalue weighted by molar-refractivity contribution is 0.185. The van der Waals surface area contributed by atoms with Crippen LogP contribution in [0.5, 0.6) is 0 Å². The van der Waals surface area contributed by atoms with Crippen LogP contribution < -0.4 is 5.73 Å². The van der Waals surface area contributed by atoms with Crippen LogP contribution in [0.2, 0.25) is 0 Å². The highest BCUT2D eigenvalue weighted by molar-refractivity contribution is 4.85. The summed E-state index contributed by atoms with van der Waals surface area (Å²) in [4.78, 5) is 2.59. The van der Waals surface area contributed by atoms with Crippen molar-refractivity contribution in [1.29, 1.82) is 0 Å². The Labute approximate surface area is 95.2 Å². The van der Waals surface area contributed by atoms with E-state index >= 15 is 0 Å². The van der Waals surface area contributed by atoms with Gasteiger partial charge in [-0.2, -0.15) is 0 Å². The molecule has 0 aliphatic carbocycles. The smallest absolute Gasteiger partial charge is 0.0278 e. The molecule has 2 heteroatoms. The van der Waals surface area contributed by atoms with E-state index in [4.69, 9.17) is 5.73 Å². The van der Waals surface area contributed by atoms with Gasteiger partial charge in [0.25, 0.3) is 0 Å². The van der Waals surface area contributed by atoms with Crippen LogP contribution in [0, 0.1) is 0 Å². The van der Waals surface area contributed by atoms with Crippen LogP contribution in [0.1, 0.15) is 58.8 Å². The van der Waals surface area contributed by atoms with Gasteiger partial charge in [-0.3, -0.25) is 0 Å². The minimum absolute atomic E-state index is 0.0548. The third-order valence-corrected chi connectivity index (χ3v) is 3.90. The molecule has 15 heavy (non-hydrogen) atoms. The first-order valence-electron chi connectivity index (χ1n) is 6.71. The van der Waals surface area contributed by atoms with E-state index in [1.54, 1.807) is 0 Å². The van der Waals surface area contributed by atoms with Crippen molar-refractivity contribution in [3.05, 3.63) is 0 Å². The van der Waals surface area contributed by atoms with Gasteiger partial charge in [-0.25, -0.2) is 0 Å². The summed E-state index contributed by atoms with van der Waals surface area (Å²) >= 11 is 0. The zero-order chi connectivity index (χ0) is 11.1. The lowest BCUT2D eigenvalue weighted by Gasteiger charge is -2.35. The summed E-state index contributed by atoms with van der Waals surface area (Å²) in [6.45, 7) is 8.05. The lowest BCUT2D eigenvalue weighted by Crippen LogP contribution is -2.50. The summed E-state index contributed by atoms with van der Waals surface area (Å²) < 4.78 is 0. The summed E-state index contributed by atoms with van der Waals surface area (Å²) in [5.41, 5.74) is 6.43. The van der Waals surface area contributed by atoms with Gasteiger partial charge in [0.1, 0.15) is 0 Å².